The normalized spacial score (nSPS) is 12.5. The van der Waals surface area contributed by atoms with Crippen LogP contribution in [0.5, 0.6) is 0 Å². The quantitative estimate of drug-likeness (QED) is 0.379. The third kappa shape index (κ3) is 5.92. The highest BCUT2D eigenvalue weighted by Gasteiger charge is 2.07. The van der Waals surface area contributed by atoms with Gasteiger partial charge in [0.1, 0.15) is 0 Å². The van der Waals surface area contributed by atoms with Crippen LogP contribution in [0.15, 0.2) is 35.7 Å². The van der Waals surface area contributed by atoms with Gasteiger partial charge in [-0.25, -0.2) is 5.48 Å². The lowest BCUT2D eigenvalue weighted by atomic mass is 10.0. The molecular formula is C19H23NO3S. The third-order valence-corrected chi connectivity index (χ3v) is 4.78. The van der Waals surface area contributed by atoms with Crippen molar-refractivity contribution < 1.29 is 15.1 Å². The fraction of sp³-hybridized carbons (Fsp3) is 0.316. The number of aliphatic hydroxyl groups excluding tert-OH is 1. The summed E-state index contributed by atoms with van der Waals surface area (Å²) in [4.78, 5) is 12.1. The fourth-order valence-corrected chi connectivity index (χ4v) is 3.18. The Kier molecular flexibility index (Phi) is 7.18. The van der Waals surface area contributed by atoms with Crippen molar-refractivity contribution >= 4 is 29.4 Å². The standard InChI is InChI=1S/C19H23NO3S/c1-14-12-17(24-13-14)11-8-15-6-9-16(10-7-15)18(21)4-2-3-5-19(22)20-23/h6-13,18,21,23H,2-5H2,1H3,(H,20,22)/t18-/m1/s1. The van der Waals surface area contributed by atoms with Crippen LogP contribution >= 0.6 is 11.3 Å². The predicted octanol–water partition coefficient (Wildman–Crippen LogP) is 4.33. The van der Waals surface area contributed by atoms with Gasteiger partial charge in [-0.15, -0.1) is 11.3 Å². The van der Waals surface area contributed by atoms with Crippen LogP contribution < -0.4 is 5.48 Å². The first-order valence-electron chi connectivity index (χ1n) is 8.02. The van der Waals surface area contributed by atoms with Crippen molar-refractivity contribution in [2.45, 2.75) is 38.7 Å². The Bertz CT molecular complexity index is 676. The average molecular weight is 345 g/mol. The zero-order valence-electron chi connectivity index (χ0n) is 13.7. The van der Waals surface area contributed by atoms with Crippen molar-refractivity contribution in [3.05, 3.63) is 57.3 Å². The van der Waals surface area contributed by atoms with E-state index >= 15 is 0 Å². The number of carbonyl (C=O) groups is 1. The molecule has 0 saturated heterocycles. The van der Waals surface area contributed by atoms with Gasteiger partial charge in [0, 0.05) is 11.3 Å². The van der Waals surface area contributed by atoms with Crippen molar-refractivity contribution in [3.8, 4) is 0 Å². The van der Waals surface area contributed by atoms with Crippen LogP contribution in [0.3, 0.4) is 0 Å². The van der Waals surface area contributed by atoms with Gasteiger partial charge >= 0.3 is 0 Å². The molecule has 0 aliphatic carbocycles. The van der Waals surface area contributed by atoms with Crippen LogP contribution in [0.2, 0.25) is 0 Å². The molecule has 0 aliphatic heterocycles. The third-order valence-electron chi connectivity index (χ3n) is 3.77. The summed E-state index contributed by atoms with van der Waals surface area (Å²) < 4.78 is 0. The molecule has 2 aromatic rings. The van der Waals surface area contributed by atoms with Gasteiger partial charge in [0.05, 0.1) is 6.10 Å². The number of rotatable bonds is 8. The number of aryl methyl sites for hydroxylation is 1. The topological polar surface area (TPSA) is 69.6 Å². The molecule has 0 bridgehead atoms. The monoisotopic (exact) mass is 345 g/mol. The fourth-order valence-electron chi connectivity index (χ4n) is 2.39. The van der Waals surface area contributed by atoms with Crippen LogP contribution in [0.25, 0.3) is 12.2 Å². The van der Waals surface area contributed by atoms with Gasteiger partial charge in [0.2, 0.25) is 5.91 Å². The molecule has 1 heterocycles. The first kappa shape index (κ1) is 18.4. The molecule has 5 heteroatoms. The largest absolute Gasteiger partial charge is 0.388 e. The number of unbranched alkanes of at least 4 members (excludes halogenated alkanes) is 1. The number of hydroxylamine groups is 1. The number of nitrogens with one attached hydrogen (secondary N) is 1. The number of thiophene rings is 1. The molecule has 0 radical (unpaired) electrons. The molecule has 0 fully saturated rings. The lowest BCUT2D eigenvalue weighted by Crippen LogP contribution is -2.17. The summed E-state index contributed by atoms with van der Waals surface area (Å²) in [5, 5.41) is 20.7. The number of benzene rings is 1. The zero-order chi connectivity index (χ0) is 17.4. The second-order valence-electron chi connectivity index (χ2n) is 5.82. The molecule has 3 N–H and O–H groups in total. The molecule has 1 atom stereocenters. The van der Waals surface area contributed by atoms with Gasteiger partial charge < -0.3 is 5.11 Å². The summed E-state index contributed by atoms with van der Waals surface area (Å²) in [5.41, 5.74) is 4.86. The minimum absolute atomic E-state index is 0.273. The van der Waals surface area contributed by atoms with Gasteiger partial charge in [-0.1, -0.05) is 36.8 Å². The second kappa shape index (κ2) is 9.37. The number of hydrogen-bond donors (Lipinski definition) is 3. The van der Waals surface area contributed by atoms with E-state index in [4.69, 9.17) is 5.21 Å². The molecule has 128 valence electrons. The van der Waals surface area contributed by atoms with Gasteiger partial charge in [-0.3, -0.25) is 10.0 Å². The molecule has 0 unspecified atom stereocenters. The second-order valence-corrected chi connectivity index (χ2v) is 6.77. The Hall–Kier alpha value is -1.95. The minimum atomic E-state index is -0.528. The van der Waals surface area contributed by atoms with E-state index in [-0.39, 0.29) is 12.3 Å². The molecule has 1 aromatic heterocycles. The van der Waals surface area contributed by atoms with Gasteiger partial charge in [0.15, 0.2) is 0 Å². The van der Waals surface area contributed by atoms with E-state index < -0.39 is 6.10 Å². The maximum atomic E-state index is 10.9. The Morgan fingerprint density at radius 2 is 2.00 bits per heavy atom. The smallest absolute Gasteiger partial charge is 0.243 e. The van der Waals surface area contributed by atoms with E-state index in [1.165, 1.54) is 10.4 Å². The first-order valence-corrected chi connectivity index (χ1v) is 8.90. The van der Waals surface area contributed by atoms with Crippen molar-refractivity contribution in [2.24, 2.45) is 0 Å². The molecule has 4 nitrogen and oxygen atoms in total. The van der Waals surface area contributed by atoms with E-state index in [2.05, 4.69) is 30.5 Å². The van der Waals surface area contributed by atoms with Gasteiger partial charge in [-0.2, -0.15) is 0 Å². The Morgan fingerprint density at radius 1 is 1.25 bits per heavy atom. The maximum Gasteiger partial charge on any atom is 0.243 e. The highest BCUT2D eigenvalue weighted by molar-refractivity contribution is 7.11. The van der Waals surface area contributed by atoms with Gasteiger partial charge in [0.25, 0.3) is 0 Å². The summed E-state index contributed by atoms with van der Waals surface area (Å²) in [7, 11) is 0. The molecular weight excluding hydrogens is 322 g/mol. The number of amides is 1. The van der Waals surface area contributed by atoms with E-state index in [0.717, 1.165) is 17.5 Å². The Labute approximate surface area is 146 Å². The number of aliphatic hydroxyl groups is 1. The SMILES string of the molecule is Cc1csc(C=Cc2ccc([C@H](O)CCCCC(=O)NO)cc2)c1. The van der Waals surface area contributed by atoms with Crippen LogP contribution in [-0.4, -0.2) is 16.2 Å². The summed E-state index contributed by atoms with van der Waals surface area (Å²) in [6, 6.07) is 10.0. The van der Waals surface area contributed by atoms with E-state index in [1.54, 1.807) is 16.8 Å². The van der Waals surface area contributed by atoms with E-state index in [1.807, 2.05) is 24.3 Å². The molecule has 0 aliphatic rings. The maximum absolute atomic E-state index is 10.9. The van der Waals surface area contributed by atoms with Crippen LogP contribution in [-0.2, 0) is 4.79 Å². The van der Waals surface area contributed by atoms with Crippen molar-refractivity contribution in [1.82, 2.24) is 5.48 Å². The molecule has 1 amide bonds. The molecule has 0 spiro atoms. The minimum Gasteiger partial charge on any atom is -0.388 e. The van der Waals surface area contributed by atoms with Gasteiger partial charge in [-0.05, 0) is 54.0 Å². The zero-order valence-corrected chi connectivity index (χ0v) is 14.6. The van der Waals surface area contributed by atoms with Crippen LogP contribution in [0.1, 0.15) is 53.4 Å². The molecule has 1 aromatic carbocycles. The van der Waals surface area contributed by atoms with Crippen molar-refractivity contribution in [2.75, 3.05) is 0 Å². The summed E-state index contributed by atoms with van der Waals surface area (Å²) in [6.07, 6.45) is 5.88. The Morgan fingerprint density at radius 3 is 2.62 bits per heavy atom. The molecule has 24 heavy (non-hydrogen) atoms. The lowest BCUT2D eigenvalue weighted by Gasteiger charge is -2.11. The summed E-state index contributed by atoms with van der Waals surface area (Å²) >= 11 is 1.72. The summed E-state index contributed by atoms with van der Waals surface area (Å²) in [5.74, 6) is -0.387. The van der Waals surface area contributed by atoms with E-state index in [0.29, 0.717) is 12.8 Å². The number of hydrogen-bond acceptors (Lipinski definition) is 4. The average Bonchev–Trinajstić information content (AvgIpc) is 3.02. The van der Waals surface area contributed by atoms with Crippen LogP contribution in [0, 0.1) is 6.92 Å². The first-order chi connectivity index (χ1) is 11.6. The predicted molar refractivity (Wildman–Crippen MR) is 97.8 cm³/mol. The van der Waals surface area contributed by atoms with Crippen molar-refractivity contribution in [1.29, 1.82) is 0 Å². The molecule has 2 rings (SSSR count). The van der Waals surface area contributed by atoms with Crippen molar-refractivity contribution in [3.63, 3.8) is 0 Å². The lowest BCUT2D eigenvalue weighted by molar-refractivity contribution is -0.129. The number of carbonyl (C=O) groups excluding carboxylic acids is 1. The molecule has 0 saturated carbocycles. The highest BCUT2D eigenvalue weighted by atomic mass is 32.1. The summed E-state index contributed by atoms with van der Waals surface area (Å²) in [6.45, 7) is 2.08. The van der Waals surface area contributed by atoms with E-state index in [9.17, 15) is 9.90 Å². The highest BCUT2D eigenvalue weighted by Crippen LogP contribution is 2.21. The Balaban J connectivity index is 1.82. The van der Waals surface area contributed by atoms with Crippen LogP contribution in [0.4, 0.5) is 0 Å².